The van der Waals surface area contributed by atoms with Crippen molar-refractivity contribution in [3.8, 4) is 0 Å². The van der Waals surface area contributed by atoms with Gasteiger partial charge in [0, 0.05) is 20.1 Å². The second-order valence-electron chi connectivity index (χ2n) is 4.82. The number of rotatable bonds is 3. The Hall–Kier alpha value is -2.33. The maximum Gasteiger partial charge on any atom is 0.406 e. The van der Waals surface area contributed by atoms with Crippen LogP contribution in [0.5, 0.6) is 0 Å². The Kier molecular flexibility index (Phi) is 3.30. The van der Waals surface area contributed by atoms with Gasteiger partial charge in [0.1, 0.15) is 0 Å². The summed E-state index contributed by atoms with van der Waals surface area (Å²) in [6, 6.07) is 0. The van der Waals surface area contributed by atoms with Gasteiger partial charge in [-0.05, 0) is 16.3 Å². The van der Waals surface area contributed by atoms with Crippen molar-refractivity contribution in [1.82, 2.24) is 9.55 Å². The zero-order valence-electron chi connectivity index (χ0n) is 10.8. The van der Waals surface area contributed by atoms with Gasteiger partial charge in [0.2, 0.25) is 12.1 Å². The van der Waals surface area contributed by atoms with Gasteiger partial charge in [-0.15, -0.1) is 0 Å². The van der Waals surface area contributed by atoms with Crippen LogP contribution in [0.25, 0.3) is 0 Å². The second-order valence-corrected chi connectivity index (χ2v) is 4.82. The predicted octanol–water partition coefficient (Wildman–Crippen LogP) is 1.17. The van der Waals surface area contributed by atoms with Crippen LogP contribution < -0.4 is 4.90 Å². The van der Waals surface area contributed by atoms with E-state index in [0.717, 1.165) is 11.2 Å². The second kappa shape index (κ2) is 4.60. The molecule has 1 aromatic rings. The fraction of sp³-hybridized carbons (Fsp3) is 0.600. The summed E-state index contributed by atoms with van der Waals surface area (Å²) in [7, 11) is 1.39. The summed E-state index contributed by atoms with van der Waals surface area (Å²) in [4.78, 5) is 25.7. The molecule has 0 aliphatic carbocycles. The number of imidazole rings is 1. The largest absolute Gasteiger partial charge is 0.481 e. The fourth-order valence-corrected chi connectivity index (χ4v) is 2.42. The van der Waals surface area contributed by atoms with Gasteiger partial charge in [0.25, 0.3) is 0 Å². The molecule has 21 heavy (non-hydrogen) atoms. The Morgan fingerprint density at radius 3 is 2.62 bits per heavy atom. The first-order valence-corrected chi connectivity index (χ1v) is 5.81. The summed E-state index contributed by atoms with van der Waals surface area (Å²) in [5.74, 6) is -2.71. The van der Waals surface area contributed by atoms with E-state index in [4.69, 9.17) is 5.11 Å². The van der Waals surface area contributed by atoms with E-state index in [1.807, 2.05) is 0 Å². The molecule has 2 rings (SSSR count). The zero-order chi connectivity index (χ0) is 16.0. The molecule has 11 heteroatoms. The first-order chi connectivity index (χ1) is 9.60. The lowest BCUT2D eigenvalue weighted by Crippen LogP contribution is -2.47. The molecule has 1 unspecified atom stereocenters. The van der Waals surface area contributed by atoms with Crippen LogP contribution in [0.3, 0.4) is 0 Å². The van der Waals surface area contributed by atoms with Crippen LogP contribution in [-0.2, 0) is 11.8 Å². The average Bonchev–Trinajstić information content (AvgIpc) is 2.91. The molecular weight excluding hydrogens is 297 g/mol. The highest BCUT2D eigenvalue weighted by Crippen LogP contribution is 2.47. The molecule has 1 aliphatic rings. The summed E-state index contributed by atoms with van der Waals surface area (Å²) >= 11 is 0. The van der Waals surface area contributed by atoms with Gasteiger partial charge in [0.15, 0.2) is 5.41 Å². The highest BCUT2D eigenvalue weighted by molar-refractivity contribution is 5.78. The van der Waals surface area contributed by atoms with Gasteiger partial charge in [-0.3, -0.25) is 9.36 Å². The third-order valence-electron chi connectivity index (χ3n) is 3.58. The normalized spacial score (nSPS) is 22.6. The Morgan fingerprint density at radius 1 is 1.57 bits per heavy atom. The molecule has 116 valence electrons. The molecule has 1 N–H and O–H groups in total. The van der Waals surface area contributed by atoms with E-state index in [2.05, 4.69) is 4.98 Å². The molecule has 0 saturated carbocycles. The number of aryl methyl sites for hydroxylation is 1. The van der Waals surface area contributed by atoms with Crippen LogP contribution in [0.4, 0.5) is 24.8 Å². The smallest absolute Gasteiger partial charge is 0.406 e. The minimum absolute atomic E-state index is 0.132. The summed E-state index contributed by atoms with van der Waals surface area (Å²) < 4.78 is 40.4. The Bertz CT molecular complexity index is 600. The van der Waals surface area contributed by atoms with Crippen molar-refractivity contribution in [2.45, 2.75) is 12.6 Å². The number of aromatic nitrogens is 2. The molecular formula is C10H11F3N4O4. The van der Waals surface area contributed by atoms with Crippen LogP contribution in [0.2, 0.25) is 0 Å². The lowest BCUT2D eigenvalue weighted by Gasteiger charge is -2.27. The van der Waals surface area contributed by atoms with Gasteiger partial charge in [-0.1, -0.05) is 0 Å². The van der Waals surface area contributed by atoms with Gasteiger partial charge >= 0.3 is 18.0 Å². The molecule has 0 spiro atoms. The number of nitrogens with zero attached hydrogens (tertiary/aromatic N) is 4. The maximum absolute atomic E-state index is 13.1. The lowest BCUT2D eigenvalue weighted by atomic mass is 9.86. The van der Waals surface area contributed by atoms with Gasteiger partial charge in [-0.25, -0.2) is 0 Å². The standard InChI is InChI=1S/C10H11F3N4O4/c1-15-5-14-6(17(20)21)7(15)16-3-2-9(4-16,8(18)19)10(11,12)13/h5H,2-4H2,1H3,(H,18,19). The number of carboxylic acids is 1. The summed E-state index contributed by atoms with van der Waals surface area (Å²) in [5, 5.41) is 19.8. The molecule has 1 atom stereocenters. The SMILES string of the molecule is Cn1cnc([N+](=O)[O-])c1N1CCC(C(=O)O)(C(F)(F)F)C1. The summed E-state index contributed by atoms with van der Waals surface area (Å²) in [5.41, 5.74) is -2.93. The first-order valence-electron chi connectivity index (χ1n) is 5.81. The number of carbonyl (C=O) groups is 1. The monoisotopic (exact) mass is 308 g/mol. The van der Waals surface area contributed by atoms with Crippen molar-refractivity contribution in [2.24, 2.45) is 12.5 Å². The minimum Gasteiger partial charge on any atom is -0.481 e. The molecule has 8 nitrogen and oxygen atoms in total. The van der Waals surface area contributed by atoms with E-state index < -0.39 is 41.3 Å². The lowest BCUT2D eigenvalue weighted by molar-refractivity contribution is -0.388. The van der Waals surface area contributed by atoms with E-state index >= 15 is 0 Å². The number of nitro groups is 1. The fourth-order valence-electron chi connectivity index (χ4n) is 2.42. The van der Waals surface area contributed by atoms with E-state index in [-0.39, 0.29) is 12.4 Å². The van der Waals surface area contributed by atoms with Crippen LogP contribution in [-0.4, -0.2) is 44.8 Å². The average molecular weight is 308 g/mol. The third kappa shape index (κ3) is 2.17. The molecule has 1 aliphatic heterocycles. The van der Waals surface area contributed by atoms with Crippen molar-refractivity contribution < 1.29 is 28.0 Å². The number of aliphatic carboxylic acids is 1. The van der Waals surface area contributed by atoms with E-state index in [1.165, 1.54) is 11.6 Å². The Labute approximate surface area is 115 Å². The molecule has 0 aromatic carbocycles. The molecule has 0 amide bonds. The molecule has 1 aromatic heterocycles. The van der Waals surface area contributed by atoms with Crippen molar-refractivity contribution in [3.05, 3.63) is 16.4 Å². The number of halogens is 3. The van der Waals surface area contributed by atoms with Gasteiger partial charge in [0.05, 0.1) is 0 Å². The van der Waals surface area contributed by atoms with E-state index in [0.29, 0.717) is 0 Å². The quantitative estimate of drug-likeness (QED) is 0.664. The van der Waals surface area contributed by atoms with Crippen LogP contribution in [0.15, 0.2) is 6.33 Å². The van der Waals surface area contributed by atoms with Gasteiger partial charge < -0.3 is 20.1 Å². The third-order valence-corrected chi connectivity index (χ3v) is 3.58. The van der Waals surface area contributed by atoms with E-state index in [9.17, 15) is 28.1 Å². The highest BCUT2D eigenvalue weighted by atomic mass is 19.4. The number of alkyl halides is 3. The Balaban J connectivity index is 2.41. The number of hydrogen-bond donors (Lipinski definition) is 1. The molecule has 1 saturated heterocycles. The topological polar surface area (TPSA) is 101 Å². The maximum atomic E-state index is 13.1. The zero-order valence-corrected chi connectivity index (χ0v) is 10.8. The molecule has 0 bridgehead atoms. The minimum atomic E-state index is -4.94. The number of hydrogen-bond acceptors (Lipinski definition) is 5. The van der Waals surface area contributed by atoms with Gasteiger partial charge in [-0.2, -0.15) is 13.2 Å². The van der Waals surface area contributed by atoms with Crippen molar-refractivity contribution in [3.63, 3.8) is 0 Å². The van der Waals surface area contributed by atoms with Crippen molar-refractivity contribution in [2.75, 3.05) is 18.0 Å². The molecule has 2 heterocycles. The molecule has 0 radical (unpaired) electrons. The van der Waals surface area contributed by atoms with Crippen LogP contribution in [0, 0.1) is 15.5 Å². The molecule has 1 fully saturated rings. The van der Waals surface area contributed by atoms with Crippen molar-refractivity contribution in [1.29, 1.82) is 0 Å². The Morgan fingerprint density at radius 2 is 2.19 bits per heavy atom. The number of carboxylic acid groups (broad SMARTS) is 1. The van der Waals surface area contributed by atoms with E-state index in [1.54, 1.807) is 0 Å². The van der Waals surface area contributed by atoms with Crippen LogP contribution >= 0.6 is 0 Å². The summed E-state index contributed by atoms with van der Waals surface area (Å²) in [6.07, 6.45) is -4.52. The predicted molar refractivity (Wildman–Crippen MR) is 62.8 cm³/mol. The summed E-state index contributed by atoms with van der Waals surface area (Å²) in [6.45, 7) is -1.14. The first kappa shape index (κ1) is 15.1. The van der Waals surface area contributed by atoms with Crippen LogP contribution in [0.1, 0.15) is 6.42 Å². The number of anilines is 1. The van der Waals surface area contributed by atoms with Crippen molar-refractivity contribution >= 4 is 17.6 Å². The highest BCUT2D eigenvalue weighted by Gasteiger charge is 2.64.